The second-order valence-corrected chi connectivity index (χ2v) is 3.74. The van der Waals surface area contributed by atoms with Crippen molar-refractivity contribution in [1.82, 2.24) is 5.32 Å². The Morgan fingerprint density at radius 2 is 2.25 bits per heavy atom. The molecule has 1 amide bonds. The number of nitrogens with two attached hydrogens (primary N) is 1. The summed E-state index contributed by atoms with van der Waals surface area (Å²) < 4.78 is 5.08. The molecule has 0 heterocycles. The normalized spacial score (nSPS) is 9.94. The molecule has 0 saturated heterocycles. The molecular formula is C11H15ClN2O2. The van der Waals surface area contributed by atoms with Gasteiger partial charge in [-0.3, -0.25) is 4.79 Å². The molecule has 0 bridgehead atoms. The van der Waals surface area contributed by atoms with Crippen molar-refractivity contribution in [3.63, 3.8) is 0 Å². The summed E-state index contributed by atoms with van der Waals surface area (Å²) in [7, 11) is 1.49. The molecule has 0 fully saturated rings. The van der Waals surface area contributed by atoms with E-state index in [1.54, 1.807) is 6.07 Å². The molecular weight excluding hydrogens is 228 g/mol. The molecule has 5 heteroatoms. The highest BCUT2D eigenvalue weighted by atomic mass is 35.5. The minimum atomic E-state index is -0.208. The number of benzene rings is 1. The molecule has 0 aliphatic rings. The van der Waals surface area contributed by atoms with E-state index in [0.29, 0.717) is 28.6 Å². The Balaban J connectivity index is 3.02. The predicted octanol–water partition coefficient (Wildman–Crippen LogP) is 2.07. The van der Waals surface area contributed by atoms with Crippen LogP contribution in [0.3, 0.4) is 0 Å². The summed E-state index contributed by atoms with van der Waals surface area (Å²) in [5, 5.41) is 3.10. The number of halogens is 1. The zero-order chi connectivity index (χ0) is 12.1. The van der Waals surface area contributed by atoms with Gasteiger partial charge in [-0.1, -0.05) is 18.5 Å². The SMILES string of the molecule is CCCNC(=O)c1cc(Cl)c(N)cc1OC. The Kier molecular flexibility index (Phi) is 4.43. The van der Waals surface area contributed by atoms with Gasteiger partial charge in [0.05, 0.1) is 23.4 Å². The van der Waals surface area contributed by atoms with Crippen LogP contribution in [-0.2, 0) is 0 Å². The number of hydrogen-bond acceptors (Lipinski definition) is 3. The molecule has 0 atom stereocenters. The number of methoxy groups -OCH3 is 1. The van der Waals surface area contributed by atoms with Crippen LogP contribution < -0.4 is 15.8 Å². The van der Waals surface area contributed by atoms with Gasteiger partial charge in [-0.05, 0) is 12.5 Å². The first-order valence-corrected chi connectivity index (χ1v) is 5.39. The monoisotopic (exact) mass is 242 g/mol. The van der Waals surface area contributed by atoms with Crippen molar-refractivity contribution in [3.05, 3.63) is 22.7 Å². The summed E-state index contributed by atoms with van der Waals surface area (Å²) in [4.78, 5) is 11.8. The van der Waals surface area contributed by atoms with E-state index in [9.17, 15) is 4.79 Å². The van der Waals surface area contributed by atoms with Crippen LogP contribution in [0.25, 0.3) is 0 Å². The fourth-order valence-corrected chi connectivity index (χ4v) is 1.41. The van der Waals surface area contributed by atoms with Crippen LogP contribution >= 0.6 is 11.6 Å². The number of nitrogens with one attached hydrogen (secondary N) is 1. The third kappa shape index (κ3) is 2.79. The average Bonchev–Trinajstić information content (AvgIpc) is 2.28. The number of carbonyl (C=O) groups excluding carboxylic acids is 1. The van der Waals surface area contributed by atoms with Crippen molar-refractivity contribution >= 4 is 23.2 Å². The second-order valence-electron chi connectivity index (χ2n) is 3.33. The average molecular weight is 243 g/mol. The standard InChI is InChI=1S/C11H15ClN2O2/c1-3-4-14-11(15)7-5-8(12)9(13)6-10(7)16-2/h5-6H,3-4,13H2,1-2H3,(H,14,15). The Hall–Kier alpha value is -1.42. The number of nitrogen functional groups attached to an aromatic ring is 1. The highest BCUT2D eigenvalue weighted by Gasteiger charge is 2.14. The molecule has 0 aliphatic carbocycles. The lowest BCUT2D eigenvalue weighted by atomic mass is 10.1. The topological polar surface area (TPSA) is 64.4 Å². The second kappa shape index (κ2) is 5.61. The molecule has 1 aromatic carbocycles. The fourth-order valence-electron chi connectivity index (χ4n) is 1.25. The third-order valence-electron chi connectivity index (χ3n) is 2.10. The van der Waals surface area contributed by atoms with Crippen molar-refractivity contribution in [3.8, 4) is 5.75 Å². The van der Waals surface area contributed by atoms with Crippen LogP contribution in [-0.4, -0.2) is 19.6 Å². The van der Waals surface area contributed by atoms with Crippen LogP contribution in [0.1, 0.15) is 23.7 Å². The van der Waals surface area contributed by atoms with Crippen LogP contribution in [0, 0.1) is 0 Å². The number of rotatable bonds is 4. The highest BCUT2D eigenvalue weighted by molar-refractivity contribution is 6.33. The van der Waals surface area contributed by atoms with E-state index in [4.69, 9.17) is 22.1 Å². The van der Waals surface area contributed by atoms with Crippen molar-refractivity contribution in [2.75, 3.05) is 19.4 Å². The zero-order valence-electron chi connectivity index (χ0n) is 9.34. The first-order chi connectivity index (χ1) is 7.60. The van der Waals surface area contributed by atoms with Crippen LogP contribution in [0.2, 0.25) is 5.02 Å². The molecule has 0 aromatic heterocycles. The summed E-state index contributed by atoms with van der Waals surface area (Å²) >= 11 is 5.86. The van der Waals surface area contributed by atoms with Crippen LogP contribution in [0.15, 0.2) is 12.1 Å². The Morgan fingerprint density at radius 1 is 1.56 bits per heavy atom. The molecule has 4 nitrogen and oxygen atoms in total. The van der Waals surface area contributed by atoms with Gasteiger partial charge in [-0.2, -0.15) is 0 Å². The van der Waals surface area contributed by atoms with E-state index >= 15 is 0 Å². The lowest BCUT2D eigenvalue weighted by Gasteiger charge is -2.10. The van der Waals surface area contributed by atoms with E-state index in [1.165, 1.54) is 13.2 Å². The molecule has 1 aromatic rings. The number of ether oxygens (including phenoxy) is 1. The van der Waals surface area contributed by atoms with Gasteiger partial charge in [-0.15, -0.1) is 0 Å². The highest BCUT2D eigenvalue weighted by Crippen LogP contribution is 2.28. The number of anilines is 1. The van der Waals surface area contributed by atoms with Crippen LogP contribution in [0.5, 0.6) is 5.75 Å². The predicted molar refractivity (Wildman–Crippen MR) is 65.0 cm³/mol. The maximum absolute atomic E-state index is 11.8. The summed E-state index contributed by atoms with van der Waals surface area (Å²) in [5.41, 5.74) is 6.41. The third-order valence-corrected chi connectivity index (χ3v) is 2.43. The van der Waals surface area contributed by atoms with Crippen LogP contribution in [0.4, 0.5) is 5.69 Å². The van der Waals surface area contributed by atoms with Gasteiger partial charge in [-0.25, -0.2) is 0 Å². The van der Waals surface area contributed by atoms with Crippen molar-refractivity contribution in [2.24, 2.45) is 0 Å². The summed E-state index contributed by atoms with van der Waals surface area (Å²) in [6.45, 7) is 2.59. The van der Waals surface area contributed by atoms with Gasteiger partial charge in [0.1, 0.15) is 5.75 Å². The fraction of sp³-hybridized carbons (Fsp3) is 0.364. The lowest BCUT2D eigenvalue weighted by Crippen LogP contribution is -2.24. The Morgan fingerprint density at radius 3 is 2.81 bits per heavy atom. The molecule has 0 aliphatic heterocycles. The van der Waals surface area contributed by atoms with Crippen molar-refractivity contribution < 1.29 is 9.53 Å². The molecule has 3 N–H and O–H groups in total. The van der Waals surface area contributed by atoms with Gasteiger partial charge in [0.15, 0.2) is 0 Å². The maximum Gasteiger partial charge on any atom is 0.255 e. The Bertz CT molecular complexity index is 394. The number of carbonyl (C=O) groups is 1. The van der Waals surface area contributed by atoms with E-state index in [0.717, 1.165) is 6.42 Å². The molecule has 0 radical (unpaired) electrons. The smallest absolute Gasteiger partial charge is 0.255 e. The van der Waals surface area contributed by atoms with Gasteiger partial charge in [0.2, 0.25) is 0 Å². The number of hydrogen-bond donors (Lipinski definition) is 2. The summed E-state index contributed by atoms with van der Waals surface area (Å²) in [6, 6.07) is 3.06. The van der Waals surface area contributed by atoms with Crippen molar-refractivity contribution in [2.45, 2.75) is 13.3 Å². The molecule has 0 saturated carbocycles. The first-order valence-electron chi connectivity index (χ1n) is 5.01. The molecule has 0 unspecified atom stereocenters. The van der Waals surface area contributed by atoms with Gasteiger partial charge < -0.3 is 15.8 Å². The number of amides is 1. The van der Waals surface area contributed by atoms with E-state index < -0.39 is 0 Å². The minimum absolute atomic E-state index is 0.208. The first kappa shape index (κ1) is 12.6. The maximum atomic E-state index is 11.8. The summed E-state index contributed by atoms with van der Waals surface area (Å²) in [5.74, 6) is 0.219. The van der Waals surface area contributed by atoms with E-state index in [-0.39, 0.29) is 5.91 Å². The van der Waals surface area contributed by atoms with E-state index in [2.05, 4.69) is 5.32 Å². The minimum Gasteiger partial charge on any atom is -0.496 e. The van der Waals surface area contributed by atoms with Gasteiger partial charge >= 0.3 is 0 Å². The zero-order valence-corrected chi connectivity index (χ0v) is 10.1. The van der Waals surface area contributed by atoms with Gasteiger partial charge in [0.25, 0.3) is 5.91 Å². The Labute approximate surface area is 99.7 Å². The lowest BCUT2D eigenvalue weighted by molar-refractivity contribution is 0.0950. The molecule has 16 heavy (non-hydrogen) atoms. The van der Waals surface area contributed by atoms with Crippen molar-refractivity contribution in [1.29, 1.82) is 0 Å². The summed E-state index contributed by atoms with van der Waals surface area (Å²) in [6.07, 6.45) is 0.872. The molecule has 1 rings (SSSR count). The molecule has 0 spiro atoms. The molecule has 88 valence electrons. The van der Waals surface area contributed by atoms with E-state index in [1.807, 2.05) is 6.92 Å². The quantitative estimate of drug-likeness (QED) is 0.795. The van der Waals surface area contributed by atoms with Gasteiger partial charge in [0, 0.05) is 12.6 Å². The largest absolute Gasteiger partial charge is 0.496 e.